The molecule has 0 aliphatic carbocycles. The van der Waals surface area contributed by atoms with Crippen molar-refractivity contribution in [1.29, 1.82) is 0 Å². The molecule has 6 rings (SSSR count). The summed E-state index contributed by atoms with van der Waals surface area (Å²) in [6, 6.07) is 65.6. The van der Waals surface area contributed by atoms with Crippen molar-refractivity contribution >= 4 is 46.4 Å². The molecule has 0 aliphatic heterocycles. The van der Waals surface area contributed by atoms with Gasteiger partial charge in [0.2, 0.25) is 0 Å². The number of rotatable bonds is 7. The van der Waals surface area contributed by atoms with Crippen LogP contribution < -0.4 is 72.8 Å². The Balaban J connectivity index is 0.000000225. The molecule has 0 atom stereocenters. The van der Waals surface area contributed by atoms with Gasteiger partial charge in [-0.25, -0.2) is 0 Å². The molecule has 0 radical (unpaired) electrons. The van der Waals surface area contributed by atoms with E-state index in [1.807, 2.05) is 0 Å². The summed E-state index contributed by atoms with van der Waals surface area (Å²) in [7, 11) is -3.06. The normalized spacial score (nSPS) is 10.7. The van der Waals surface area contributed by atoms with Gasteiger partial charge in [-0.15, -0.1) is 0 Å². The zero-order valence-corrected chi connectivity index (χ0v) is 30.2. The van der Waals surface area contributed by atoms with Crippen LogP contribution in [0.3, 0.4) is 0 Å². The molecular weight excluding hydrogens is 737 g/mol. The van der Waals surface area contributed by atoms with E-state index in [1.165, 1.54) is 31.8 Å². The van der Waals surface area contributed by atoms with Gasteiger partial charge in [0, 0.05) is 0 Å². The van der Waals surface area contributed by atoms with Crippen LogP contribution in [0.4, 0.5) is 0 Å². The van der Waals surface area contributed by atoms with Crippen molar-refractivity contribution in [3.8, 4) is 0 Å². The second-order valence-electron chi connectivity index (χ2n) is 10.1. The highest BCUT2D eigenvalue weighted by Crippen LogP contribution is 2.54. The Kier molecular flexibility index (Phi) is 13.8. The third kappa shape index (κ3) is 7.73. The van der Waals surface area contributed by atoms with Crippen LogP contribution in [0, 0.1) is 0 Å². The number of hydrogen-bond donors (Lipinski definition) is 0. The second kappa shape index (κ2) is 17.0. The molecule has 0 amide bonds. The Morgan fingerprint density at radius 2 is 0.535 bits per heavy atom. The molecule has 0 aromatic heterocycles. The molecule has 218 valence electrons. The predicted molar refractivity (Wildman–Crippen MR) is 187 cm³/mol. The summed E-state index contributed by atoms with van der Waals surface area (Å²) in [4.78, 5) is 0. The molecule has 0 aliphatic rings. The number of benzene rings is 6. The summed E-state index contributed by atoms with van der Waals surface area (Å²) in [6.45, 7) is 4.73. The first-order valence-corrected chi connectivity index (χ1v) is 18.5. The Bertz CT molecular complexity index is 1410. The van der Waals surface area contributed by atoms with Gasteiger partial charge >= 0.3 is 0 Å². The van der Waals surface area contributed by atoms with Crippen LogP contribution in [-0.2, 0) is 0 Å². The van der Waals surface area contributed by atoms with Crippen LogP contribution in [0.15, 0.2) is 182 Å². The van der Waals surface area contributed by atoms with E-state index >= 15 is 0 Å². The van der Waals surface area contributed by atoms with E-state index in [4.69, 9.17) is 0 Å². The van der Waals surface area contributed by atoms with Gasteiger partial charge in [-0.05, 0) is 79.7 Å². The maximum atomic E-state index is 2.41. The number of hydrogen-bond acceptors (Lipinski definition) is 0. The van der Waals surface area contributed by atoms with E-state index in [1.54, 1.807) is 0 Å². The molecule has 6 aromatic carbocycles. The monoisotopic (exact) mass is 774 g/mol. The van der Waals surface area contributed by atoms with Crippen LogP contribution in [0.25, 0.3) is 0 Å². The maximum absolute atomic E-state index is 2.41. The Hall–Kier alpha value is -2.61. The lowest BCUT2D eigenvalue weighted by Crippen LogP contribution is -3.00. The Labute approximate surface area is 287 Å². The van der Waals surface area contributed by atoms with Crippen LogP contribution in [0.5, 0.6) is 0 Å². The second-order valence-corrected chi connectivity index (χ2v) is 17.5. The zero-order valence-electron chi connectivity index (χ0n) is 24.7. The summed E-state index contributed by atoms with van der Waals surface area (Å²) in [5.74, 6) is 0. The van der Waals surface area contributed by atoms with Crippen molar-refractivity contribution in [2.45, 2.75) is 6.92 Å². The fourth-order valence-electron chi connectivity index (χ4n) is 5.67. The predicted octanol–water partition coefficient (Wildman–Crippen LogP) is 1.62. The highest BCUT2D eigenvalue weighted by molar-refractivity contribution is 7.96. The van der Waals surface area contributed by atoms with E-state index in [-0.39, 0.29) is 41.0 Å². The molecule has 0 saturated heterocycles. The molecule has 0 saturated carbocycles. The zero-order chi connectivity index (χ0) is 28.4. The Morgan fingerprint density at radius 1 is 0.349 bits per heavy atom. The summed E-state index contributed by atoms with van der Waals surface area (Å²) in [6.07, 6.45) is 1.14. The largest absolute Gasteiger partial charge is 1.00 e. The minimum Gasteiger partial charge on any atom is -1.00 e. The minimum absolute atomic E-state index is 0. The topological polar surface area (TPSA) is 0 Å². The first-order chi connectivity index (χ1) is 20.2. The molecule has 0 bridgehead atoms. The van der Waals surface area contributed by atoms with Gasteiger partial charge in [-0.1, -0.05) is 109 Å². The first-order valence-electron chi connectivity index (χ1n) is 14.3. The van der Waals surface area contributed by atoms with Crippen molar-refractivity contribution in [2.75, 3.05) is 12.8 Å². The van der Waals surface area contributed by atoms with Crippen LogP contribution in [0.1, 0.15) is 6.92 Å². The van der Waals surface area contributed by atoms with Gasteiger partial charge in [0.05, 0.1) is 12.8 Å². The van der Waals surface area contributed by atoms with E-state index in [9.17, 15) is 0 Å². The third-order valence-electron chi connectivity index (χ3n) is 7.88. The lowest BCUT2D eigenvalue weighted by atomic mass is 10.4. The lowest BCUT2D eigenvalue weighted by molar-refractivity contribution is -0.00100. The average molecular weight is 775 g/mol. The number of halogens is 2. The summed E-state index contributed by atoms with van der Waals surface area (Å²) in [5, 5.41) is 8.67. The molecule has 0 N–H and O–H groups in total. The molecule has 4 heteroatoms. The smallest absolute Gasteiger partial charge is 0.111 e. The van der Waals surface area contributed by atoms with E-state index in [0.29, 0.717) is 0 Å². The van der Waals surface area contributed by atoms with Crippen LogP contribution in [-0.4, -0.2) is 12.8 Å². The lowest BCUT2D eigenvalue weighted by Gasteiger charge is -2.26. The van der Waals surface area contributed by atoms with Gasteiger partial charge in [0.25, 0.3) is 0 Å². The van der Waals surface area contributed by atoms with Gasteiger partial charge in [-0.3, -0.25) is 0 Å². The molecule has 6 aromatic rings. The molecule has 43 heavy (non-hydrogen) atoms. The summed E-state index contributed by atoms with van der Waals surface area (Å²) >= 11 is 0. The summed E-state index contributed by atoms with van der Waals surface area (Å²) < 4.78 is 0. The molecule has 0 heterocycles. The molecule has 0 nitrogen and oxygen atoms in total. The van der Waals surface area contributed by atoms with Crippen molar-refractivity contribution in [1.82, 2.24) is 0 Å². The fraction of sp³-hybridized carbons (Fsp3) is 0.0769. The van der Waals surface area contributed by atoms with E-state index < -0.39 is 14.5 Å². The standard InChI is InChI=1S/C20H20P.C19H18P.BrH.HI/c1-2-21(18-12-6-3-7-13-18,19-14-8-4-9-15-19)20-16-10-5-11-17-20;1-20(17-11-5-2-6-12-17,18-13-7-3-8-14-18)19-15-9-4-10-16-19;;/h3-17H,2H2,1H3;2-16H,1H3;2*1H/q2*+1;;/p-2. The van der Waals surface area contributed by atoms with Crippen molar-refractivity contribution < 1.29 is 41.0 Å². The SMILES string of the molecule is CC[P+](c1ccccc1)(c1ccccc1)c1ccccc1.C[P+](c1ccccc1)(c1ccccc1)c1ccccc1.[Br-].[I-]. The van der Waals surface area contributed by atoms with Crippen LogP contribution >= 0.6 is 14.5 Å². The fourth-order valence-corrected chi connectivity index (χ4v) is 12.9. The van der Waals surface area contributed by atoms with Crippen LogP contribution in [0.2, 0.25) is 0 Å². The van der Waals surface area contributed by atoms with Crippen molar-refractivity contribution in [2.24, 2.45) is 0 Å². The quantitative estimate of drug-likeness (QED) is 0.171. The minimum atomic E-state index is -1.53. The maximum Gasteiger partial charge on any atom is 0.111 e. The molecule has 0 spiro atoms. The van der Waals surface area contributed by atoms with Gasteiger partial charge in [0.1, 0.15) is 46.4 Å². The summed E-state index contributed by atoms with van der Waals surface area (Å²) in [5.41, 5.74) is 0. The van der Waals surface area contributed by atoms with Crippen molar-refractivity contribution in [3.63, 3.8) is 0 Å². The molecular formula is C39H38BrIP2. The van der Waals surface area contributed by atoms with Crippen molar-refractivity contribution in [3.05, 3.63) is 182 Å². The Morgan fingerprint density at radius 3 is 0.721 bits per heavy atom. The molecule has 0 fully saturated rings. The highest BCUT2D eigenvalue weighted by Gasteiger charge is 2.43. The van der Waals surface area contributed by atoms with Gasteiger partial charge in [-0.2, -0.15) is 0 Å². The van der Waals surface area contributed by atoms with Gasteiger partial charge < -0.3 is 41.0 Å². The average Bonchev–Trinajstić information content (AvgIpc) is 3.08. The van der Waals surface area contributed by atoms with E-state index in [2.05, 4.69) is 196 Å². The molecule has 0 unspecified atom stereocenters. The first kappa shape index (κ1) is 34.9. The highest BCUT2D eigenvalue weighted by atomic mass is 127. The van der Waals surface area contributed by atoms with Gasteiger partial charge in [0.15, 0.2) is 0 Å². The third-order valence-corrected chi connectivity index (χ3v) is 16.4. The van der Waals surface area contributed by atoms with E-state index in [0.717, 1.165) is 6.16 Å².